The number of hydrogen-bond donors (Lipinski definition) is 6. The van der Waals surface area contributed by atoms with Crippen molar-refractivity contribution >= 4 is 28.7 Å². The van der Waals surface area contributed by atoms with Crippen molar-refractivity contribution in [1.29, 1.82) is 0 Å². The summed E-state index contributed by atoms with van der Waals surface area (Å²) >= 11 is 0. The number of aromatic hydroxyl groups is 1. The number of ether oxygens (including phenoxy) is 1. The van der Waals surface area contributed by atoms with Crippen molar-refractivity contribution in [2.75, 3.05) is 22.9 Å². The molecule has 0 atom stereocenters. The third kappa shape index (κ3) is 3.06. The molecule has 0 radical (unpaired) electrons. The molecule has 0 heterocycles. The smallest absolute Gasteiger partial charge is 0.307 e. The van der Waals surface area contributed by atoms with Gasteiger partial charge in [-0.05, 0) is 17.7 Å². The van der Waals surface area contributed by atoms with Gasteiger partial charge in [0.1, 0.15) is 5.75 Å². The van der Waals surface area contributed by atoms with Crippen LogP contribution in [-0.4, -0.2) is 16.2 Å². The van der Waals surface area contributed by atoms with Crippen LogP contribution in [0.4, 0.5) is 22.7 Å². The Morgan fingerprint density at radius 1 is 0.955 bits per heavy atom. The molecule has 10 N–H and O–H groups in total. The number of benzene rings is 2. The molecule has 0 bridgehead atoms. The summed E-state index contributed by atoms with van der Waals surface area (Å²) in [5, 5.41) is 18.3. The normalized spacial score (nSPS) is 10.4. The largest absolute Gasteiger partial charge is 0.504 e. The average molecular weight is 304 g/mol. The molecule has 116 valence electrons. The van der Waals surface area contributed by atoms with Gasteiger partial charge < -0.3 is 37.9 Å². The van der Waals surface area contributed by atoms with Gasteiger partial charge in [0.05, 0.1) is 29.2 Å². The van der Waals surface area contributed by atoms with Crippen LogP contribution in [0.3, 0.4) is 0 Å². The molecule has 0 aliphatic rings. The zero-order chi connectivity index (χ0) is 16.4. The van der Waals surface area contributed by atoms with Gasteiger partial charge in [-0.15, -0.1) is 0 Å². The lowest BCUT2D eigenvalue weighted by Gasteiger charge is -2.14. The van der Waals surface area contributed by atoms with Gasteiger partial charge in [0, 0.05) is 12.1 Å². The maximum Gasteiger partial charge on any atom is 0.307 e. The number of nitrogen functional groups attached to an aromatic ring is 4. The number of carboxylic acids is 1. The topological polar surface area (TPSA) is 171 Å². The predicted octanol–water partition coefficient (Wildman–Crippen LogP) is 1.14. The van der Waals surface area contributed by atoms with Gasteiger partial charge in [0.25, 0.3) is 0 Å². The molecule has 0 fully saturated rings. The Morgan fingerprint density at radius 2 is 1.45 bits per heavy atom. The zero-order valence-electron chi connectivity index (χ0n) is 11.5. The summed E-state index contributed by atoms with van der Waals surface area (Å²) in [6.07, 6.45) is -0.201. The van der Waals surface area contributed by atoms with E-state index in [0.717, 1.165) is 0 Å². The zero-order valence-corrected chi connectivity index (χ0v) is 11.5. The molecular formula is C14H16N4O4. The highest BCUT2D eigenvalue weighted by atomic mass is 16.5. The Bertz CT molecular complexity index is 700. The van der Waals surface area contributed by atoms with Crippen LogP contribution >= 0.6 is 0 Å². The van der Waals surface area contributed by atoms with Crippen LogP contribution in [0.15, 0.2) is 24.3 Å². The van der Waals surface area contributed by atoms with Crippen LogP contribution in [0.1, 0.15) is 5.56 Å². The van der Waals surface area contributed by atoms with E-state index in [4.69, 9.17) is 32.8 Å². The molecule has 0 aromatic heterocycles. The highest BCUT2D eigenvalue weighted by Crippen LogP contribution is 2.38. The van der Waals surface area contributed by atoms with Crippen molar-refractivity contribution in [3.05, 3.63) is 29.8 Å². The molecule has 0 aliphatic carbocycles. The number of rotatable bonds is 4. The Labute approximate surface area is 125 Å². The molecule has 0 spiro atoms. The van der Waals surface area contributed by atoms with Gasteiger partial charge in [0.15, 0.2) is 11.5 Å². The van der Waals surface area contributed by atoms with Crippen LogP contribution in [0.5, 0.6) is 17.2 Å². The number of hydrogen-bond acceptors (Lipinski definition) is 7. The molecule has 0 amide bonds. The number of phenols is 1. The SMILES string of the molecule is Nc1cc(Oc2c(N)cc(CC(=O)O)cc2N)cc(N)c1O. The quantitative estimate of drug-likeness (QED) is 0.360. The first-order valence-electron chi connectivity index (χ1n) is 6.23. The highest BCUT2D eigenvalue weighted by Gasteiger charge is 2.13. The second-order valence-corrected chi connectivity index (χ2v) is 4.73. The molecule has 2 aromatic carbocycles. The van der Waals surface area contributed by atoms with Crippen LogP contribution in [0, 0.1) is 0 Å². The van der Waals surface area contributed by atoms with Crippen LogP contribution in [0.25, 0.3) is 0 Å². The summed E-state index contributed by atoms with van der Waals surface area (Å²) in [7, 11) is 0. The van der Waals surface area contributed by atoms with E-state index in [1.54, 1.807) is 0 Å². The Hall–Kier alpha value is -3.29. The second-order valence-electron chi connectivity index (χ2n) is 4.73. The molecule has 0 unspecified atom stereocenters. The summed E-state index contributed by atoms with van der Waals surface area (Å²) in [6, 6.07) is 5.67. The van der Waals surface area contributed by atoms with Gasteiger partial charge in [0.2, 0.25) is 0 Å². The lowest BCUT2D eigenvalue weighted by molar-refractivity contribution is -0.136. The number of carbonyl (C=O) groups is 1. The fourth-order valence-electron chi connectivity index (χ4n) is 1.96. The van der Waals surface area contributed by atoms with Gasteiger partial charge in [-0.3, -0.25) is 4.79 Å². The number of anilines is 4. The number of aliphatic carboxylic acids is 1. The van der Waals surface area contributed by atoms with E-state index in [0.29, 0.717) is 5.56 Å². The molecule has 0 saturated heterocycles. The molecule has 0 saturated carbocycles. The summed E-state index contributed by atoms with van der Waals surface area (Å²) in [4.78, 5) is 10.7. The van der Waals surface area contributed by atoms with E-state index in [1.165, 1.54) is 24.3 Å². The molecule has 8 heteroatoms. The van der Waals surface area contributed by atoms with Gasteiger partial charge in [-0.1, -0.05) is 0 Å². The number of carboxylic acid groups (broad SMARTS) is 1. The molecule has 22 heavy (non-hydrogen) atoms. The number of nitrogens with two attached hydrogens (primary N) is 4. The number of phenolic OH excluding ortho intramolecular Hbond substituents is 1. The monoisotopic (exact) mass is 304 g/mol. The summed E-state index contributed by atoms with van der Waals surface area (Å²) in [6.45, 7) is 0. The van der Waals surface area contributed by atoms with Crippen molar-refractivity contribution < 1.29 is 19.7 Å². The first-order chi connectivity index (χ1) is 10.3. The van der Waals surface area contributed by atoms with E-state index in [1.807, 2.05) is 0 Å². The molecular weight excluding hydrogens is 288 g/mol. The van der Waals surface area contributed by atoms with Crippen molar-refractivity contribution in [1.82, 2.24) is 0 Å². The van der Waals surface area contributed by atoms with Crippen LogP contribution in [0.2, 0.25) is 0 Å². The van der Waals surface area contributed by atoms with Gasteiger partial charge >= 0.3 is 5.97 Å². The fourth-order valence-corrected chi connectivity index (χ4v) is 1.96. The molecule has 2 aromatic rings. The van der Waals surface area contributed by atoms with Crippen LogP contribution < -0.4 is 27.7 Å². The fraction of sp³-hybridized carbons (Fsp3) is 0.0714. The minimum absolute atomic E-state index is 0.0506. The van der Waals surface area contributed by atoms with Gasteiger partial charge in [-0.25, -0.2) is 0 Å². The first kappa shape index (κ1) is 15.1. The summed E-state index contributed by atoms with van der Waals surface area (Å²) in [5.41, 5.74) is 23.8. The van der Waals surface area contributed by atoms with E-state index >= 15 is 0 Å². The molecule has 8 nitrogen and oxygen atoms in total. The summed E-state index contributed by atoms with van der Waals surface area (Å²) < 4.78 is 5.55. The van der Waals surface area contributed by atoms with Crippen LogP contribution in [-0.2, 0) is 11.2 Å². The van der Waals surface area contributed by atoms with Gasteiger partial charge in [-0.2, -0.15) is 0 Å². The summed E-state index contributed by atoms with van der Waals surface area (Å²) in [5.74, 6) is -0.813. The van der Waals surface area contributed by atoms with E-state index in [-0.39, 0.29) is 46.4 Å². The van der Waals surface area contributed by atoms with Crippen molar-refractivity contribution in [2.45, 2.75) is 6.42 Å². The third-order valence-electron chi connectivity index (χ3n) is 2.92. The first-order valence-corrected chi connectivity index (χ1v) is 6.23. The average Bonchev–Trinajstić information content (AvgIpc) is 2.39. The van der Waals surface area contributed by atoms with E-state index in [9.17, 15) is 9.90 Å². The van der Waals surface area contributed by atoms with Crippen molar-refractivity contribution in [3.8, 4) is 17.2 Å². The van der Waals surface area contributed by atoms with E-state index in [2.05, 4.69) is 0 Å². The Kier molecular flexibility index (Phi) is 3.85. The van der Waals surface area contributed by atoms with E-state index < -0.39 is 5.97 Å². The minimum Gasteiger partial charge on any atom is -0.504 e. The maximum absolute atomic E-state index is 10.7. The van der Waals surface area contributed by atoms with Crippen molar-refractivity contribution in [3.63, 3.8) is 0 Å². The molecule has 2 rings (SSSR count). The third-order valence-corrected chi connectivity index (χ3v) is 2.92. The molecule has 0 aliphatic heterocycles. The Balaban J connectivity index is 2.36. The predicted molar refractivity (Wildman–Crippen MR) is 83.6 cm³/mol. The minimum atomic E-state index is -0.994. The maximum atomic E-state index is 10.7. The Morgan fingerprint density at radius 3 is 1.91 bits per heavy atom. The van der Waals surface area contributed by atoms with Crippen molar-refractivity contribution in [2.24, 2.45) is 0 Å². The second kappa shape index (κ2) is 5.60. The lowest BCUT2D eigenvalue weighted by Crippen LogP contribution is -2.04. The lowest BCUT2D eigenvalue weighted by atomic mass is 10.1. The highest BCUT2D eigenvalue weighted by molar-refractivity contribution is 5.76. The standard InChI is InChI=1S/C14H16N4O4/c15-8-4-7(5-9(16)13(8)21)22-14-10(17)1-6(2-11(14)18)3-12(19)20/h1-2,4-5,21H,3,15-18H2,(H,19,20).